The van der Waals surface area contributed by atoms with Gasteiger partial charge in [0.25, 0.3) is 0 Å². The number of nitrogens with one attached hydrogen (secondary N) is 2. The van der Waals surface area contributed by atoms with Gasteiger partial charge in [-0.05, 0) is 63.0 Å². The van der Waals surface area contributed by atoms with Crippen LogP contribution in [0.1, 0.15) is 37.3 Å². The first-order chi connectivity index (χ1) is 15.6. The van der Waals surface area contributed by atoms with Gasteiger partial charge in [0.05, 0.1) is 0 Å². The Morgan fingerprint density at radius 1 is 1.09 bits per heavy atom. The number of hydrogen-bond acceptors (Lipinski definition) is 5. The Morgan fingerprint density at radius 3 is 2.62 bits per heavy atom. The molecule has 1 unspecified atom stereocenters. The Balaban J connectivity index is 1.51. The molecule has 166 valence electrons. The molecule has 0 saturated carbocycles. The molecule has 1 atom stereocenters. The second kappa shape index (κ2) is 10.4. The molecule has 4 rings (SSSR count). The fourth-order valence-corrected chi connectivity index (χ4v) is 3.91. The Morgan fingerprint density at radius 2 is 1.88 bits per heavy atom. The van der Waals surface area contributed by atoms with Gasteiger partial charge in [0.2, 0.25) is 11.8 Å². The van der Waals surface area contributed by atoms with E-state index < -0.39 is 0 Å². The maximum absolute atomic E-state index is 6.03. The molecular weight excluding hydrogens is 418 g/mol. The van der Waals surface area contributed by atoms with Crippen LogP contribution in [-0.4, -0.2) is 27.7 Å². The first-order valence-electron chi connectivity index (χ1n) is 11.1. The highest BCUT2D eigenvalue weighted by Gasteiger charge is 2.21. The molecule has 0 bridgehead atoms. The lowest BCUT2D eigenvalue weighted by molar-refractivity contribution is 0.457. The summed E-state index contributed by atoms with van der Waals surface area (Å²) in [6, 6.07) is 20.3. The standard InChI is InChI=1S/C25H29N5OS/c1-18-11-13-20(14-12-18)17-26-25(32)29-24-27-22(30-15-7-6-8-19(30)2)16-23(28-24)31-21-9-4-3-5-10-21/h3-5,9-14,16,19H,6-8,15,17H2,1-2H3,(H2,26,27,28,29,32). The Bertz CT molecular complexity index is 1040. The van der Waals surface area contributed by atoms with E-state index in [-0.39, 0.29) is 0 Å². The van der Waals surface area contributed by atoms with Crippen LogP contribution in [0.25, 0.3) is 0 Å². The summed E-state index contributed by atoms with van der Waals surface area (Å²) in [4.78, 5) is 11.6. The molecule has 0 amide bonds. The van der Waals surface area contributed by atoms with Gasteiger partial charge >= 0.3 is 0 Å². The van der Waals surface area contributed by atoms with Crippen LogP contribution in [0.15, 0.2) is 60.7 Å². The number of nitrogens with zero attached hydrogens (tertiary/aromatic N) is 3. The lowest BCUT2D eigenvalue weighted by Gasteiger charge is -2.34. The number of anilines is 2. The van der Waals surface area contributed by atoms with Crippen molar-refractivity contribution in [2.45, 2.75) is 45.7 Å². The third-order valence-corrected chi connectivity index (χ3v) is 5.80. The molecule has 3 aromatic rings. The number of hydrogen-bond donors (Lipinski definition) is 2. The van der Waals surface area contributed by atoms with Gasteiger partial charge in [-0.2, -0.15) is 9.97 Å². The highest BCUT2D eigenvalue weighted by molar-refractivity contribution is 7.80. The fourth-order valence-electron chi connectivity index (χ4n) is 3.75. The molecule has 0 aliphatic carbocycles. The summed E-state index contributed by atoms with van der Waals surface area (Å²) < 4.78 is 6.03. The van der Waals surface area contributed by atoms with Gasteiger partial charge in [-0.25, -0.2) is 0 Å². The highest BCUT2D eigenvalue weighted by atomic mass is 32.1. The predicted octanol–water partition coefficient (Wildman–Crippen LogP) is 5.44. The molecule has 1 aromatic heterocycles. The van der Waals surface area contributed by atoms with Crippen LogP contribution < -0.4 is 20.3 Å². The molecule has 6 nitrogen and oxygen atoms in total. The molecule has 32 heavy (non-hydrogen) atoms. The Kier molecular flexibility index (Phi) is 7.17. The maximum Gasteiger partial charge on any atom is 0.234 e. The van der Waals surface area contributed by atoms with Crippen molar-refractivity contribution in [2.75, 3.05) is 16.8 Å². The fraction of sp³-hybridized carbons (Fsp3) is 0.320. The van der Waals surface area contributed by atoms with E-state index in [1.54, 1.807) is 0 Å². The van der Waals surface area contributed by atoms with E-state index in [1.807, 2.05) is 36.4 Å². The van der Waals surface area contributed by atoms with Crippen molar-refractivity contribution in [2.24, 2.45) is 0 Å². The van der Waals surface area contributed by atoms with E-state index in [9.17, 15) is 0 Å². The summed E-state index contributed by atoms with van der Waals surface area (Å²) in [5.74, 6) is 2.49. The van der Waals surface area contributed by atoms with Crippen molar-refractivity contribution in [1.82, 2.24) is 15.3 Å². The van der Waals surface area contributed by atoms with E-state index in [0.29, 0.717) is 29.5 Å². The Hall–Kier alpha value is -3.19. The van der Waals surface area contributed by atoms with E-state index in [0.717, 1.165) is 36.5 Å². The van der Waals surface area contributed by atoms with Crippen LogP contribution in [-0.2, 0) is 6.54 Å². The van der Waals surface area contributed by atoms with Gasteiger partial charge in [-0.15, -0.1) is 0 Å². The van der Waals surface area contributed by atoms with E-state index in [1.165, 1.54) is 12.0 Å². The number of rotatable bonds is 6. The minimum absolute atomic E-state index is 0.419. The molecule has 1 saturated heterocycles. The lowest BCUT2D eigenvalue weighted by atomic mass is 10.0. The number of aromatic nitrogens is 2. The van der Waals surface area contributed by atoms with E-state index in [4.69, 9.17) is 21.9 Å². The maximum atomic E-state index is 6.03. The van der Waals surface area contributed by atoms with Crippen LogP contribution in [0.2, 0.25) is 0 Å². The average molecular weight is 448 g/mol. The number of benzene rings is 2. The monoisotopic (exact) mass is 447 g/mol. The van der Waals surface area contributed by atoms with Gasteiger partial charge < -0.3 is 20.3 Å². The van der Waals surface area contributed by atoms with Crippen molar-refractivity contribution in [3.05, 3.63) is 71.8 Å². The number of ether oxygens (including phenoxy) is 1. The molecule has 7 heteroatoms. The summed E-state index contributed by atoms with van der Waals surface area (Å²) in [5, 5.41) is 6.84. The molecule has 0 spiro atoms. The van der Waals surface area contributed by atoms with Crippen LogP contribution in [0.4, 0.5) is 11.8 Å². The minimum Gasteiger partial charge on any atom is -0.439 e. The molecule has 1 aliphatic heterocycles. The number of thiocarbonyl (C=S) groups is 1. The SMILES string of the molecule is Cc1ccc(CNC(=S)Nc2nc(Oc3ccccc3)cc(N3CCCCC3C)n2)cc1. The molecule has 2 aromatic carbocycles. The summed E-state index contributed by atoms with van der Waals surface area (Å²) >= 11 is 5.50. The van der Waals surface area contributed by atoms with Crippen molar-refractivity contribution in [1.29, 1.82) is 0 Å². The number of piperidine rings is 1. The topological polar surface area (TPSA) is 62.3 Å². The molecule has 0 radical (unpaired) electrons. The molecule has 2 heterocycles. The molecule has 2 N–H and O–H groups in total. The number of aryl methyl sites for hydroxylation is 1. The van der Waals surface area contributed by atoms with Gasteiger partial charge in [0, 0.05) is 25.2 Å². The third kappa shape index (κ3) is 5.95. The summed E-state index contributed by atoms with van der Waals surface area (Å²) in [6.45, 7) is 5.91. The van der Waals surface area contributed by atoms with E-state index >= 15 is 0 Å². The van der Waals surface area contributed by atoms with Gasteiger partial charge in [0.15, 0.2) is 5.11 Å². The molecule has 1 aliphatic rings. The average Bonchev–Trinajstić information content (AvgIpc) is 2.79. The highest BCUT2D eigenvalue weighted by Crippen LogP contribution is 2.28. The zero-order chi connectivity index (χ0) is 22.3. The number of para-hydroxylation sites is 1. The largest absolute Gasteiger partial charge is 0.439 e. The Labute approximate surface area is 195 Å². The van der Waals surface area contributed by atoms with Crippen LogP contribution in [0.5, 0.6) is 11.6 Å². The van der Waals surface area contributed by atoms with Gasteiger partial charge in [-0.3, -0.25) is 0 Å². The normalized spacial score (nSPS) is 15.8. The first-order valence-corrected chi connectivity index (χ1v) is 11.5. The van der Waals surface area contributed by atoms with Gasteiger partial charge in [0.1, 0.15) is 11.6 Å². The second-order valence-corrected chi connectivity index (χ2v) is 8.54. The first kappa shape index (κ1) is 22.0. The smallest absolute Gasteiger partial charge is 0.234 e. The summed E-state index contributed by atoms with van der Waals surface area (Å²) in [7, 11) is 0. The van der Waals surface area contributed by atoms with Crippen molar-refractivity contribution >= 4 is 29.1 Å². The molecule has 1 fully saturated rings. The zero-order valence-electron chi connectivity index (χ0n) is 18.5. The second-order valence-electron chi connectivity index (χ2n) is 8.13. The predicted molar refractivity (Wildman–Crippen MR) is 133 cm³/mol. The van der Waals surface area contributed by atoms with Crippen molar-refractivity contribution in [3.63, 3.8) is 0 Å². The molecular formula is C25H29N5OS. The van der Waals surface area contributed by atoms with Crippen LogP contribution in [0, 0.1) is 6.92 Å². The third-order valence-electron chi connectivity index (χ3n) is 5.55. The van der Waals surface area contributed by atoms with Crippen molar-refractivity contribution < 1.29 is 4.74 Å². The quantitative estimate of drug-likeness (QED) is 0.488. The van der Waals surface area contributed by atoms with Crippen LogP contribution in [0.3, 0.4) is 0 Å². The summed E-state index contributed by atoms with van der Waals surface area (Å²) in [5.41, 5.74) is 2.39. The van der Waals surface area contributed by atoms with Crippen LogP contribution >= 0.6 is 12.2 Å². The lowest BCUT2D eigenvalue weighted by Crippen LogP contribution is -2.38. The zero-order valence-corrected chi connectivity index (χ0v) is 19.4. The van der Waals surface area contributed by atoms with Gasteiger partial charge in [-0.1, -0.05) is 48.0 Å². The van der Waals surface area contributed by atoms with Crippen molar-refractivity contribution in [3.8, 4) is 11.6 Å². The van der Waals surface area contributed by atoms with E-state index in [2.05, 4.69) is 58.6 Å². The minimum atomic E-state index is 0.419. The summed E-state index contributed by atoms with van der Waals surface area (Å²) in [6.07, 6.45) is 3.55.